The average molecular weight is 892 g/mol. The number of anilines is 5. The molecule has 7 aromatic carbocycles. The van der Waals surface area contributed by atoms with Crippen LogP contribution in [0.15, 0.2) is 144 Å². The Balaban J connectivity index is 1.30. The van der Waals surface area contributed by atoms with Crippen molar-refractivity contribution in [1.82, 2.24) is 4.57 Å². The minimum absolute atomic E-state index is 0.0132. The van der Waals surface area contributed by atoms with E-state index >= 15 is 0 Å². The van der Waals surface area contributed by atoms with Crippen LogP contribution in [0.5, 0.6) is 0 Å². The van der Waals surface area contributed by atoms with Gasteiger partial charge in [-0.3, -0.25) is 0 Å². The van der Waals surface area contributed by atoms with E-state index in [0.29, 0.717) is 5.92 Å². The summed E-state index contributed by atoms with van der Waals surface area (Å²) in [5.74, 6) is 1.26. The van der Waals surface area contributed by atoms with Crippen LogP contribution in [0.1, 0.15) is 131 Å². The number of furan rings is 1. The molecular formula is C63H66BN3O. The van der Waals surface area contributed by atoms with Crippen LogP contribution in [-0.2, 0) is 21.7 Å². The number of aromatic nitrogens is 1. The van der Waals surface area contributed by atoms with Gasteiger partial charge in [0.15, 0.2) is 5.76 Å². The van der Waals surface area contributed by atoms with Gasteiger partial charge in [-0.1, -0.05) is 158 Å². The van der Waals surface area contributed by atoms with Crippen LogP contribution >= 0.6 is 0 Å². The third-order valence-electron chi connectivity index (χ3n) is 14.9. The predicted molar refractivity (Wildman–Crippen MR) is 293 cm³/mol. The van der Waals surface area contributed by atoms with Crippen molar-refractivity contribution in [3.8, 4) is 17.0 Å². The Labute approximate surface area is 404 Å². The maximum Gasteiger partial charge on any atom is 0.333 e. The van der Waals surface area contributed by atoms with Gasteiger partial charge in [0, 0.05) is 55.7 Å². The fourth-order valence-electron chi connectivity index (χ4n) is 11.0. The minimum Gasteiger partial charge on any atom is -0.454 e. The molecule has 5 heteroatoms. The third-order valence-corrected chi connectivity index (χ3v) is 14.9. The molecule has 0 fully saturated rings. The molecule has 0 N–H and O–H groups in total. The summed E-state index contributed by atoms with van der Waals surface area (Å²) < 4.78 is 10.2. The summed E-state index contributed by atoms with van der Waals surface area (Å²) in [6.45, 7) is 32.5. The summed E-state index contributed by atoms with van der Waals surface area (Å²) >= 11 is 0. The summed E-state index contributed by atoms with van der Waals surface area (Å²) in [7, 11) is 0. The van der Waals surface area contributed by atoms with Gasteiger partial charge in [0.1, 0.15) is 5.58 Å². The largest absolute Gasteiger partial charge is 0.454 e. The second-order valence-corrected chi connectivity index (χ2v) is 24.2. The summed E-state index contributed by atoms with van der Waals surface area (Å²) in [4.78, 5) is 5.06. The van der Waals surface area contributed by atoms with E-state index in [9.17, 15) is 0 Å². The smallest absolute Gasteiger partial charge is 0.333 e. The van der Waals surface area contributed by atoms with Gasteiger partial charge in [-0.15, -0.1) is 0 Å². The molecule has 4 nitrogen and oxygen atoms in total. The Morgan fingerprint density at radius 3 is 1.71 bits per heavy atom. The van der Waals surface area contributed by atoms with Crippen LogP contribution in [0.2, 0.25) is 0 Å². The number of hydrogen-bond acceptors (Lipinski definition) is 3. The van der Waals surface area contributed by atoms with E-state index in [1.54, 1.807) is 0 Å². The topological polar surface area (TPSA) is 24.6 Å². The lowest BCUT2D eigenvalue weighted by atomic mass is 9.44. The molecule has 2 aliphatic heterocycles. The normalized spacial score (nSPS) is 13.8. The number of hydrogen-bond donors (Lipinski definition) is 0. The fraction of sp³-hybridized carbons (Fsp3) is 0.302. The zero-order valence-electron chi connectivity index (χ0n) is 42.7. The third kappa shape index (κ3) is 6.86. The highest BCUT2D eigenvalue weighted by molar-refractivity contribution is 6.93. The lowest BCUT2D eigenvalue weighted by molar-refractivity contribution is 0.553. The summed E-state index contributed by atoms with van der Waals surface area (Å²) in [6, 6.07) is 53.0. The van der Waals surface area contributed by atoms with Gasteiger partial charge < -0.3 is 18.7 Å². The summed E-state index contributed by atoms with van der Waals surface area (Å²) in [6.07, 6.45) is 0. The van der Waals surface area contributed by atoms with Crippen LogP contribution in [-0.4, -0.2) is 11.4 Å². The minimum atomic E-state index is -0.155. The van der Waals surface area contributed by atoms with Gasteiger partial charge in [0.25, 0.3) is 0 Å². The number of para-hydroxylation sites is 2. The van der Waals surface area contributed by atoms with Crippen molar-refractivity contribution >= 4 is 79.0 Å². The Kier molecular flexibility index (Phi) is 9.74. The second kappa shape index (κ2) is 15.0. The molecule has 0 saturated carbocycles. The van der Waals surface area contributed by atoms with E-state index in [1.807, 2.05) is 0 Å². The van der Waals surface area contributed by atoms with Crippen molar-refractivity contribution in [3.63, 3.8) is 0 Å². The molecule has 2 aliphatic rings. The van der Waals surface area contributed by atoms with Crippen molar-refractivity contribution in [1.29, 1.82) is 0 Å². The van der Waals surface area contributed by atoms with Gasteiger partial charge in [0.2, 0.25) is 0 Å². The summed E-state index contributed by atoms with van der Waals surface area (Å²) in [5.41, 5.74) is 20.4. The zero-order chi connectivity index (χ0) is 48.0. The van der Waals surface area contributed by atoms with E-state index in [0.717, 1.165) is 34.1 Å². The Morgan fingerprint density at radius 2 is 1.13 bits per heavy atom. The van der Waals surface area contributed by atoms with Crippen molar-refractivity contribution < 1.29 is 4.42 Å². The first-order chi connectivity index (χ1) is 32.1. The van der Waals surface area contributed by atoms with E-state index in [2.05, 4.69) is 251 Å². The summed E-state index contributed by atoms with van der Waals surface area (Å²) in [5, 5.41) is 3.72. The first kappa shape index (κ1) is 44.1. The number of nitrogens with zero attached hydrogens (tertiary/aromatic N) is 3. The molecule has 0 amide bonds. The fourth-order valence-corrected chi connectivity index (χ4v) is 11.0. The molecule has 0 spiro atoms. The van der Waals surface area contributed by atoms with Gasteiger partial charge in [0.05, 0.1) is 16.7 Å². The molecule has 68 heavy (non-hydrogen) atoms. The van der Waals surface area contributed by atoms with Crippen LogP contribution in [0.3, 0.4) is 0 Å². The number of benzene rings is 7. The Bertz CT molecular complexity index is 3410. The zero-order valence-corrected chi connectivity index (χ0v) is 42.7. The maximum atomic E-state index is 7.57. The molecule has 4 heterocycles. The van der Waals surface area contributed by atoms with E-state index in [1.165, 1.54) is 82.9 Å². The van der Waals surface area contributed by atoms with Crippen LogP contribution < -0.4 is 20.6 Å². The molecule has 11 rings (SSSR count). The van der Waals surface area contributed by atoms with E-state index in [-0.39, 0.29) is 28.5 Å². The molecule has 0 saturated heterocycles. The predicted octanol–water partition coefficient (Wildman–Crippen LogP) is 16.6. The average Bonchev–Trinajstić information content (AvgIpc) is 3.83. The molecule has 9 aromatic rings. The molecule has 2 aromatic heterocycles. The molecule has 0 bridgehead atoms. The molecule has 342 valence electrons. The highest BCUT2D eigenvalue weighted by Crippen LogP contribution is 2.53. The number of rotatable bonds is 5. The second-order valence-electron chi connectivity index (χ2n) is 24.2. The van der Waals surface area contributed by atoms with Gasteiger partial charge >= 0.3 is 6.85 Å². The first-order valence-electron chi connectivity index (χ1n) is 24.8. The van der Waals surface area contributed by atoms with Gasteiger partial charge in [-0.25, -0.2) is 0 Å². The van der Waals surface area contributed by atoms with Gasteiger partial charge in [-0.05, 0) is 140 Å². The van der Waals surface area contributed by atoms with Crippen molar-refractivity contribution in [3.05, 3.63) is 167 Å². The van der Waals surface area contributed by atoms with Crippen molar-refractivity contribution in [2.24, 2.45) is 0 Å². The standard InChI is InChI=1S/C63H66BN3O/c1-38(2)39-31-48-47-37-46(65(43-21-17-15-18-22-43)44-23-19-16-20-24-44)29-30-53(47)66-54-36-42(62(9,10)11)33-49-55(54)64(52(32-39)56(48)66)67(45-27-25-40(26-28-45)60(3,4)5)57-50-34-41(61(6,7)8)35-51(63(12,13)14)58(50)68-59(49)57/h15-38H,1-14H3. The molecular weight excluding hydrogens is 826 g/mol. The first-order valence-corrected chi connectivity index (χ1v) is 24.8. The highest BCUT2D eigenvalue weighted by Gasteiger charge is 2.47. The molecule has 0 unspecified atom stereocenters. The van der Waals surface area contributed by atoms with Crippen molar-refractivity contribution in [2.75, 3.05) is 9.71 Å². The lowest BCUT2D eigenvalue weighted by Crippen LogP contribution is -2.60. The van der Waals surface area contributed by atoms with Crippen molar-refractivity contribution in [2.45, 2.75) is 125 Å². The molecule has 0 aliphatic carbocycles. The lowest BCUT2D eigenvalue weighted by Gasteiger charge is -2.41. The Hall–Kier alpha value is -6.46. The van der Waals surface area contributed by atoms with Crippen LogP contribution in [0, 0.1) is 0 Å². The van der Waals surface area contributed by atoms with Crippen LogP contribution in [0.4, 0.5) is 28.4 Å². The maximum absolute atomic E-state index is 7.57. The van der Waals surface area contributed by atoms with Gasteiger partial charge in [-0.2, -0.15) is 0 Å². The van der Waals surface area contributed by atoms with E-state index < -0.39 is 0 Å². The molecule has 0 atom stereocenters. The molecule has 0 radical (unpaired) electrons. The van der Waals surface area contributed by atoms with Crippen LogP contribution in [0.25, 0.3) is 49.8 Å². The highest BCUT2D eigenvalue weighted by atomic mass is 16.3. The quantitative estimate of drug-likeness (QED) is 0.161. The Morgan fingerprint density at radius 1 is 0.529 bits per heavy atom. The monoisotopic (exact) mass is 892 g/mol. The van der Waals surface area contributed by atoms with E-state index in [4.69, 9.17) is 4.42 Å². The SMILES string of the molecule is CC(C)c1cc2c3c(c1)c1cc(N(c4ccccc4)c4ccccc4)ccc1n3-c1cc(C(C)(C)C)cc3c1B2N(c1ccc(C(C)(C)C)cc1)c1c-3oc2c(C(C)(C)C)cc(C(C)(C)C)cc12. The number of fused-ring (bicyclic) bond motifs is 9.